The number of hydrogen-bond donors (Lipinski definition) is 0. The van der Waals surface area contributed by atoms with Crippen molar-refractivity contribution < 1.29 is 14.3 Å². The lowest BCUT2D eigenvalue weighted by atomic mass is 10.1. The second-order valence-corrected chi connectivity index (χ2v) is 4.92. The summed E-state index contributed by atoms with van der Waals surface area (Å²) in [5.74, 6) is -0.270. The summed E-state index contributed by atoms with van der Waals surface area (Å²) in [5, 5.41) is 0. The van der Waals surface area contributed by atoms with Crippen LogP contribution in [0.2, 0.25) is 0 Å². The van der Waals surface area contributed by atoms with Crippen LogP contribution in [0.3, 0.4) is 0 Å². The van der Waals surface area contributed by atoms with Crippen molar-refractivity contribution in [3.8, 4) is 0 Å². The highest BCUT2D eigenvalue weighted by atomic mass is 16.5. The number of nitrogens with zero attached hydrogens (tertiary/aromatic N) is 1. The van der Waals surface area contributed by atoms with Gasteiger partial charge < -0.3 is 9.64 Å². The molecule has 1 aromatic rings. The molecule has 0 radical (unpaired) electrons. The van der Waals surface area contributed by atoms with Crippen LogP contribution in [0.1, 0.15) is 35.2 Å². The highest BCUT2D eigenvalue weighted by molar-refractivity contribution is 5.94. The van der Waals surface area contributed by atoms with Gasteiger partial charge in [-0.1, -0.05) is 17.7 Å². The molecule has 0 bridgehead atoms. The third kappa shape index (κ3) is 3.56. The van der Waals surface area contributed by atoms with Gasteiger partial charge in [0.2, 0.25) is 0 Å². The average molecular weight is 261 g/mol. The van der Waals surface area contributed by atoms with E-state index in [1.165, 1.54) is 7.11 Å². The van der Waals surface area contributed by atoms with Crippen LogP contribution in [0.4, 0.5) is 0 Å². The zero-order valence-corrected chi connectivity index (χ0v) is 11.4. The van der Waals surface area contributed by atoms with Crippen LogP contribution in [0.25, 0.3) is 0 Å². The highest BCUT2D eigenvalue weighted by Gasteiger charge is 2.33. The maximum Gasteiger partial charge on any atom is 0.307 e. The Morgan fingerprint density at radius 2 is 1.89 bits per heavy atom. The fourth-order valence-corrected chi connectivity index (χ4v) is 2.01. The third-order valence-electron chi connectivity index (χ3n) is 3.33. The maximum atomic E-state index is 12.4. The standard InChI is InChI=1S/C15H19NO3/c1-11-3-5-12(6-4-11)15(18)16(13-7-8-13)10-9-14(17)19-2/h3-6,13H,7-10H2,1-2H3. The van der Waals surface area contributed by atoms with Crippen LogP contribution >= 0.6 is 0 Å². The Labute approximate surface area is 113 Å². The van der Waals surface area contributed by atoms with Crippen molar-refractivity contribution in [2.24, 2.45) is 0 Å². The Hall–Kier alpha value is -1.84. The van der Waals surface area contributed by atoms with E-state index < -0.39 is 0 Å². The molecule has 1 aromatic carbocycles. The first-order chi connectivity index (χ1) is 9.11. The number of hydrogen-bond acceptors (Lipinski definition) is 3. The Balaban J connectivity index is 2.04. The van der Waals surface area contributed by atoms with Crippen LogP contribution in [-0.4, -0.2) is 36.5 Å². The van der Waals surface area contributed by atoms with E-state index in [4.69, 9.17) is 0 Å². The number of ether oxygens (including phenoxy) is 1. The van der Waals surface area contributed by atoms with E-state index in [-0.39, 0.29) is 18.3 Å². The van der Waals surface area contributed by atoms with Crippen molar-refractivity contribution in [2.75, 3.05) is 13.7 Å². The van der Waals surface area contributed by atoms with Crippen molar-refractivity contribution in [3.05, 3.63) is 35.4 Å². The molecule has 1 fully saturated rings. The lowest BCUT2D eigenvalue weighted by molar-refractivity contribution is -0.140. The molecule has 1 amide bonds. The number of methoxy groups -OCH3 is 1. The molecule has 4 nitrogen and oxygen atoms in total. The second kappa shape index (κ2) is 5.87. The lowest BCUT2D eigenvalue weighted by Gasteiger charge is -2.22. The molecular formula is C15H19NO3. The number of benzene rings is 1. The fraction of sp³-hybridized carbons (Fsp3) is 0.467. The lowest BCUT2D eigenvalue weighted by Crippen LogP contribution is -2.35. The van der Waals surface area contributed by atoms with Gasteiger partial charge in [0.05, 0.1) is 13.5 Å². The summed E-state index contributed by atoms with van der Waals surface area (Å²) < 4.78 is 4.63. The van der Waals surface area contributed by atoms with Crippen molar-refractivity contribution in [1.29, 1.82) is 0 Å². The van der Waals surface area contributed by atoms with Gasteiger partial charge in [-0.05, 0) is 31.9 Å². The molecule has 2 rings (SSSR count). The van der Waals surface area contributed by atoms with Crippen LogP contribution in [0.15, 0.2) is 24.3 Å². The summed E-state index contributed by atoms with van der Waals surface area (Å²) in [5.41, 5.74) is 1.81. The minimum atomic E-state index is -0.276. The van der Waals surface area contributed by atoms with Crippen molar-refractivity contribution >= 4 is 11.9 Å². The van der Waals surface area contributed by atoms with E-state index in [2.05, 4.69) is 4.74 Å². The third-order valence-corrected chi connectivity index (χ3v) is 3.33. The maximum absolute atomic E-state index is 12.4. The van der Waals surface area contributed by atoms with E-state index in [0.717, 1.165) is 18.4 Å². The van der Waals surface area contributed by atoms with E-state index in [9.17, 15) is 9.59 Å². The number of esters is 1. The minimum absolute atomic E-state index is 0.00593. The summed E-state index contributed by atoms with van der Waals surface area (Å²) >= 11 is 0. The summed E-state index contributed by atoms with van der Waals surface area (Å²) in [6.07, 6.45) is 2.31. The Bertz CT molecular complexity index is 463. The Kier molecular flexibility index (Phi) is 4.20. The molecule has 4 heteroatoms. The molecule has 0 saturated heterocycles. The number of aryl methyl sites for hydroxylation is 1. The smallest absolute Gasteiger partial charge is 0.307 e. The van der Waals surface area contributed by atoms with Gasteiger partial charge in [-0.3, -0.25) is 9.59 Å². The van der Waals surface area contributed by atoms with Crippen LogP contribution < -0.4 is 0 Å². The van der Waals surface area contributed by atoms with E-state index in [1.807, 2.05) is 31.2 Å². The van der Waals surface area contributed by atoms with Gasteiger partial charge in [-0.15, -0.1) is 0 Å². The average Bonchev–Trinajstić information content (AvgIpc) is 3.24. The molecule has 0 aromatic heterocycles. The molecule has 0 spiro atoms. The SMILES string of the molecule is COC(=O)CCN(C(=O)c1ccc(C)cc1)C1CC1. The van der Waals surface area contributed by atoms with Crippen molar-refractivity contribution in [2.45, 2.75) is 32.2 Å². The number of amides is 1. The molecule has 1 saturated carbocycles. The topological polar surface area (TPSA) is 46.6 Å². The molecule has 0 N–H and O–H groups in total. The van der Waals surface area contributed by atoms with Gasteiger partial charge in [0.25, 0.3) is 5.91 Å². The molecule has 1 aliphatic rings. The molecule has 0 heterocycles. The molecular weight excluding hydrogens is 242 g/mol. The first-order valence-corrected chi connectivity index (χ1v) is 6.56. The van der Waals surface area contributed by atoms with Crippen molar-refractivity contribution in [1.82, 2.24) is 4.90 Å². The normalized spacial score (nSPS) is 14.0. The first kappa shape index (κ1) is 13.6. The van der Waals surface area contributed by atoms with Crippen LogP contribution in [-0.2, 0) is 9.53 Å². The van der Waals surface area contributed by atoms with Gasteiger partial charge in [0.1, 0.15) is 0 Å². The van der Waals surface area contributed by atoms with Gasteiger partial charge >= 0.3 is 5.97 Å². The molecule has 0 atom stereocenters. The number of carbonyl (C=O) groups excluding carboxylic acids is 2. The molecule has 0 aliphatic heterocycles. The van der Waals surface area contributed by atoms with Crippen LogP contribution in [0, 0.1) is 6.92 Å². The van der Waals surface area contributed by atoms with E-state index >= 15 is 0 Å². The van der Waals surface area contributed by atoms with Gasteiger partial charge in [-0.25, -0.2) is 0 Å². The Morgan fingerprint density at radius 3 is 2.42 bits per heavy atom. The van der Waals surface area contributed by atoms with Crippen molar-refractivity contribution in [3.63, 3.8) is 0 Å². The monoisotopic (exact) mass is 261 g/mol. The summed E-state index contributed by atoms with van der Waals surface area (Å²) in [7, 11) is 1.37. The van der Waals surface area contributed by atoms with Gasteiger partial charge in [0, 0.05) is 18.2 Å². The fourth-order valence-electron chi connectivity index (χ4n) is 2.01. The second-order valence-electron chi connectivity index (χ2n) is 4.92. The zero-order valence-electron chi connectivity index (χ0n) is 11.4. The predicted molar refractivity (Wildman–Crippen MR) is 71.9 cm³/mol. The summed E-state index contributed by atoms with van der Waals surface area (Å²) in [4.78, 5) is 25.4. The molecule has 19 heavy (non-hydrogen) atoms. The molecule has 0 unspecified atom stereocenters. The predicted octanol–water partition coefficient (Wildman–Crippen LogP) is 2.16. The van der Waals surface area contributed by atoms with E-state index in [0.29, 0.717) is 18.2 Å². The van der Waals surface area contributed by atoms with E-state index in [1.54, 1.807) is 4.90 Å². The van der Waals surface area contributed by atoms with Gasteiger partial charge in [-0.2, -0.15) is 0 Å². The largest absolute Gasteiger partial charge is 0.469 e. The number of rotatable bonds is 5. The molecule has 1 aliphatic carbocycles. The van der Waals surface area contributed by atoms with Crippen LogP contribution in [0.5, 0.6) is 0 Å². The molecule has 102 valence electrons. The van der Waals surface area contributed by atoms with Gasteiger partial charge in [0.15, 0.2) is 0 Å². The highest BCUT2D eigenvalue weighted by Crippen LogP contribution is 2.28. The summed E-state index contributed by atoms with van der Waals surface area (Å²) in [6.45, 7) is 2.42. The summed E-state index contributed by atoms with van der Waals surface area (Å²) in [6, 6.07) is 7.83. The quantitative estimate of drug-likeness (QED) is 0.763. The Morgan fingerprint density at radius 1 is 1.26 bits per heavy atom. The number of carbonyl (C=O) groups is 2. The zero-order chi connectivity index (χ0) is 13.8. The first-order valence-electron chi connectivity index (χ1n) is 6.56. The minimum Gasteiger partial charge on any atom is -0.469 e.